The van der Waals surface area contributed by atoms with E-state index in [9.17, 15) is 4.79 Å². The molecular weight excluding hydrogens is 206 g/mol. The van der Waals surface area contributed by atoms with Gasteiger partial charge >= 0.3 is 0 Å². The SMILES string of the molecule is Nc1c[nH]c(C(=O)NCCC2CCCO2)c1. The second kappa shape index (κ2) is 5.03. The first-order valence-corrected chi connectivity index (χ1v) is 5.59. The number of aromatic amines is 1. The van der Waals surface area contributed by atoms with Gasteiger partial charge in [-0.3, -0.25) is 4.79 Å². The lowest BCUT2D eigenvalue weighted by Crippen LogP contribution is -2.27. The molecule has 0 spiro atoms. The number of nitrogens with two attached hydrogens (primary N) is 1. The first kappa shape index (κ1) is 11.0. The third kappa shape index (κ3) is 2.76. The number of anilines is 1. The number of hydrogen-bond acceptors (Lipinski definition) is 3. The number of nitrogen functional groups attached to an aromatic ring is 1. The molecule has 1 amide bonds. The third-order valence-electron chi connectivity index (χ3n) is 2.73. The molecule has 1 unspecified atom stereocenters. The molecular formula is C11H17N3O2. The van der Waals surface area contributed by atoms with Gasteiger partial charge < -0.3 is 20.8 Å². The third-order valence-corrected chi connectivity index (χ3v) is 2.73. The van der Waals surface area contributed by atoms with Crippen LogP contribution in [-0.2, 0) is 4.74 Å². The van der Waals surface area contributed by atoms with E-state index in [1.807, 2.05) is 0 Å². The number of H-pyrrole nitrogens is 1. The van der Waals surface area contributed by atoms with Crippen LogP contribution in [0.25, 0.3) is 0 Å². The molecule has 1 fully saturated rings. The van der Waals surface area contributed by atoms with E-state index in [1.54, 1.807) is 12.3 Å². The fraction of sp³-hybridized carbons (Fsp3) is 0.545. The molecule has 1 aliphatic heterocycles. The maximum atomic E-state index is 11.6. The summed E-state index contributed by atoms with van der Waals surface area (Å²) in [5.74, 6) is -0.116. The number of ether oxygens (including phenoxy) is 1. The molecule has 0 bridgehead atoms. The summed E-state index contributed by atoms with van der Waals surface area (Å²) < 4.78 is 5.47. The summed E-state index contributed by atoms with van der Waals surface area (Å²) >= 11 is 0. The normalized spacial score (nSPS) is 19.9. The molecule has 0 aromatic carbocycles. The van der Waals surface area contributed by atoms with Crippen LogP contribution in [0.1, 0.15) is 29.8 Å². The van der Waals surface area contributed by atoms with Crippen molar-refractivity contribution in [3.8, 4) is 0 Å². The minimum atomic E-state index is -0.116. The Labute approximate surface area is 94.4 Å². The Morgan fingerprint density at radius 2 is 2.56 bits per heavy atom. The highest BCUT2D eigenvalue weighted by Crippen LogP contribution is 2.14. The number of nitrogens with one attached hydrogen (secondary N) is 2. The maximum absolute atomic E-state index is 11.6. The quantitative estimate of drug-likeness (QED) is 0.709. The zero-order valence-corrected chi connectivity index (χ0v) is 9.16. The molecule has 0 saturated carbocycles. The van der Waals surface area contributed by atoms with E-state index in [4.69, 9.17) is 10.5 Å². The van der Waals surface area contributed by atoms with Crippen molar-refractivity contribution >= 4 is 11.6 Å². The minimum Gasteiger partial charge on any atom is -0.397 e. The monoisotopic (exact) mass is 223 g/mol. The van der Waals surface area contributed by atoms with Crippen LogP contribution >= 0.6 is 0 Å². The lowest BCUT2D eigenvalue weighted by molar-refractivity contribution is 0.0903. The number of amides is 1. The topological polar surface area (TPSA) is 80.1 Å². The summed E-state index contributed by atoms with van der Waals surface area (Å²) in [5, 5.41) is 2.83. The Kier molecular flexibility index (Phi) is 3.46. The van der Waals surface area contributed by atoms with Gasteiger partial charge in [-0.25, -0.2) is 0 Å². The first-order chi connectivity index (χ1) is 7.75. The molecule has 1 aliphatic rings. The Morgan fingerprint density at radius 1 is 1.69 bits per heavy atom. The molecule has 1 aromatic heterocycles. The van der Waals surface area contributed by atoms with Gasteiger partial charge in [-0.2, -0.15) is 0 Å². The Hall–Kier alpha value is -1.49. The molecule has 1 aromatic rings. The summed E-state index contributed by atoms with van der Waals surface area (Å²) in [5.41, 5.74) is 6.59. The van der Waals surface area contributed by atoms with E-state index in [-0.39, 0.29) is 5.91 Å². The van der Waals surface area contributed by atoms with Gasteiger partial charge in [-0.05, 0) is 25.3 Å². The average molecular weight is 223 g/mol. The van der Waals surface area contributed by atoms with Crippen molar-refractivity contribution < 1.29 is 9.53 Å². The van der Waals surface area contributed by atoms with Crippen LogP contribution in [0.4, 0.5) is 5.69 Å². The highest BCUT2D eigenvalue weighted by Gasteiger charge is 2.15. The molecule has 1 atom stereocenters. The molecule has 16 heavy (non-hydrogen) atoms. The van der Waals surface area contributed by atoms with Crippen LogP contribution in [0.5, 0.6) is 0 Å². The smallest absolute Gasteiger partial charge is 0.267 e. The number of carbonyl (C=O) groups is 1. The lowest BCUT2D eigenvalue weighted by Gasteiger charge is -2.09. The van der Waals surface area contributed by atoms with Crippen LogP contribution in [0.15, 0.2) is 12.3 Å². The van der Waals surface area contributed by atoms with Crippen molar-refractivity contribution in [3.63, 3.8) is 0 Å². The van der Waals surface area contributed by atoms with E-state index in [1.165, 1.54) is 0 Å². The Morgan fingerprint density at radius 3 is 3.19 bits per heavy atom. The number of carbonyl (C=O) groups excluding carboxylic acids is 1. The molecule has 0 aliphatic carbocycles. The molecule has 1 saturated heterocycles. The molecule has 2 rings (SSSR count). The molecule has 5 nitrogen and oxygen atoms in total. The highest BCUT2D eigenvalue weighted by atomic mass is 16.5. The summed E-state index contributed by atoms with van der Waals surface area (Å²) in [6, 6.07) is 1.63. The Bertz CT molecular complexity index is 356. The fourth-order valence-corrected chi connectivity index (χ4v) is 1.86. The van der Waals surface area contributed by atoms with Gasteiger partial charge in [0.1, 0.15) is 5.69 Å². The second-order valence-corrected chi connectivity index (χ2v) is 4.03. The van der Waals surface area contributed by atoms with Gasteiger partial charge in [0.25, 0.3) is 5.91 Å². The standard InChI is InChI=1S/C11H17N3O2/c12-8-6-10(14-7-8)11(15)13-4-3-9-2-1-5-16-9/h6-7,9,14H,1-5,12H2,(H,13,15). The molecule has 5 heteroatoms. The zero-order chi connectivity index (χ0) is 11.4. The average Bonchev–Trinajstić information content (AvgIpc) is 2.89. The predicted molar refractivity (Wildman–Crippen MR) is 61.1 cm³/mol. The summed E-state index contributed by atoms with van der Waals surface area (Å²) in [6.45, 7) is 1.49. The molecule has 4 N–H and O–H groups in total. The van der Waals surface area contributed by atoms with Crippen LogP contribution in [0.3, 0.4) is 0 Å². The lowest BCUT2D eigenvalue weighted by atomic mass is 10.2. The number of rotatable bonds is 4. The van der Waals surface area contributed by atoms with Crippen LogP contribution in [-0.4, -0.2) is 30.1 Å². The highest BCUT2D eigenvalue weighted by molar-refractivity contribution is 5.93. The Balaban J connectivity index is 1.71. The van der Waals surface area contributed by atoms with Crippen molar-refractivity contribution in [2.75, 3.05) is 18.9 Å². The van der Waals surface area contributed by atoms with E-state index in [0.29, 0.717) is 24.0 Å². The molecule has 88 valence electrons. The first-order valence-electron chi connectivity index (χ1n) is 5.59. The van der Waals surface area contributed by atoms with Gasteiger partial charge in [-0.15, -0.1) is 0 Å². The van der Waals surface area contributed by atoms with Crippen LogP contribution in [0.2, 0.25) is 0 Å². The molecule has 0 radical (unpaired) electrons. The maximum Gasteiger partial charge on any atom is 0.267 e. The van der Waals surface area contributed by atoms with E-state index in [2.05, 4.69) is 10.3 Å². The van der Waals surface area contributed by atoms with Crippen molar-refractivity contribution in [2.24, 2.45) is 0 Å². The van der Waals surface area contributed by atoms with Crippen LogP contribution < -0.4 is 11.1 Å². The fourth-order valence-electron chi connectivity index (χ4n) is 1.86. The minimum absolute atomic E-state index is 0.116. The van der Waals surface area contributed by atoms with Gasteiger partial charge in [0.2, 0.25) is 0 Å². The number of hydrogen-bond donors (Lipinski definition) is 3. The molecule has 2 heterocycles. The second-order valence-electron chi connectivity index (χ2n) is 4.03. The van der Waals surface area contributed by atoms with Gasteiger partial charge in [-0.1, -0.05) is 0 Å². The van der Waals surface area contributed by atoms with Crippen molar-refractivity contribution in [3.05, 3.63) is 18.0 Å². The van der Waals surface area contributed by atoms with E-state index >= 15 is 0 Å². The van der Waals surface area contributed by atoms with Crippen LogP contribution in [0, 0.1) is 0 Å². The largest absolute Gasteiger partial charge is 0.397 e. The summed E-state index contributed by atoms with van der Waals surface area (Å²) in [6.07, 6.45) is 5.03. The summed E-state index contributed by atoms with van der Waals surface area (Å²) in [4.78, 5) is 14.4. The number of aromatic nitrogens is 1. The zero-order valence-electron chi connectivity index (χ0n) is 9.16. The van der Waals surface area contributed by atoms with Crippen molar-refractivity contribution in [1.82, 2.24) is 10.3 Å². The predicted octanol–water partition coefficient (Wildman–Crippen LogP) is 0.896. The van der Waals surface area contributed by atoms with Crippen molar-refractivity contribution in [2.45, 2.75) is 25.4 Å². The van der Waals surface area contributed by atoms with Gasteiger partial charge in [0, 0.05) is 25.0 Å². The van der Waals surface area contributed by atoms with Gasteiger partial charge in [0.05, 0.1) is 6.10 Å². The summed E-state index contributed by atoms with van der Waals surface area (Å²) in [7, 11) is 0. The van der Waals surface area contributed by atoms with E-state index in [0.717, 1.165) is 25.9 Å². The van der Waals surface area contributed by atoms with Gasteiger partial charge in [0.15, 0.2) is 0 Å². The van der Waals surface area contributed by atoms with Crippen molar-refractivity contribution in [1.29, 1.82) is 0 Å². The van der Waals surface area contributed by atoms with E-state index < -0.39 is 0 Å².